The highest BCUT2D eigenvalue weighted by molar-refractivity contribution is 6.10. The molecule has 7 nitrogen and oxygen atoms in total. The highest BCUT2D eigenvalue weighted by Crippen LogP contribution is 2.19. The Morgan fingerprint density at radius 2 is 2.12 bits per heavy atom. The monoisotopic (exact) mass is 344 g/mol. The zero-order valence-electron chi connectivity index (χ0n) is 14.4. The van der Waals surface area contributed by atoms with Crippen molar-refractivity contribution in [3.8, 4) is 0 Å². The molecule has 1 fully saturated rings. The number of para-hydroxylation sites is 1. The van der Waals surface area contributed by atoms with Crippen LogP contribution in [0.15, 0.2) is 24.3 Å². The number of amides is 3. The molecular weight excluding hydrogens is 320 g/mol. The van der Waals surface area contributed by atoms with Crippen molar-refractivity contribution in [3.63, 3.8) is 0 Å². The lowest BCUT2D eigenvalue weighted by molar-refractivity contribution is -0.125. The molecule has 2 unspecified atom stereocenters. The summed E-state index contributed by atoms with van der Waals surface area (Å²) in [5.74, 6) is -0.946. The van der Waals surface area contributed by atoms with Crippen LogP contribution < -0.4 is 16.0 Å². The number of anilines is 1. The van der Waals surface area contributed by atoms with Gasteiger partial charge in [-0.25, -0.2) is 0 Å². The molecule has 2 atom stereocenters. The van der Waals surface area contributed by atoms with Crippen molar-refractivity contribution in [3.05, 3.63) is 29.8 Å². The zero-order chi connectivity index (χ0) is 17.8. The number of carbonyl (C=O) groups excluding carboxylic acids is 3. The van der Waals surface area contributed by atoms with Gasteiger partial charge in [-0.05, 0) is 38.1 Å². The van der Waals surface area contributed by atoms with E-state index < -0.39 is 6.04 Å². The minimum absolute atomic E-state index is 0.0651. The van der Waals surface area contributed by atoms with E-state index >= 15 is 0 Å². The van der Waals surface area contributed by atoms with Gasteiger partial charge in [0.1, 0.15) is 6.04 Å². The second-order valence-corrected chi connectivity index (χ2v) is 6.49. The average molecular weight is 344 g/mol. The maximum Gasteiger partial charge on any atom is 0.254 e. The molecule has 2 heterocycles. The molecule has 134 valence electrons. The van der Waals surface area contributed by atoms with Gasteiger partial charge in [-0.15, -0.1) is 0 Å². The molecule has 25 heavy (non-hydrogen) atoms. The van der Waals surface area contributed by atoms with Crippen molar-refractivity contribution in [2.75, 3.05) is 25.0 Å². The fourth-order valence-corrected chi connectivity index (χ4v) is 3.49. The SMILES string of the molecule is CCN1CCCC1CNC(=O)CC1NC(=O)c2ccccc2NC1=O. The summed E-state index contributed by atoms with van der Waals surface area (Å²) in [6.45, 7) is 4.73. The van der Waals surface area contributed by atoms with Crippen LogP contribution in [0.3, 0.4) is 0 Å². The van der Waals surface area contributed by atoms with E-state index in [1.165, 1.54) is 0 Å². The molecule has 3 amide bonds. The van der Waals surface area contributed by atoms with Crippen molar-refractivity contribution < 1.29 is 14.4 Å². The predicted molar refractivity (Wildman–Crippen MR) is 94.2 cm³/mol. The first-order valence-corrected chi connectivity index (χ1v) is 8.80. The standard InChI is InChI=1S/C18H24N4O3/c1-2-22-9-5-6-12(22)11-19-16(23)10-15-18(25)20-14-8-4-3-7-13(14)17(24)21-15/h3-4,7-8,12,15H,2,5-6,9-11H2,1H3,(H,19,23)(H,20,25)(H,21,24). The molecule has 3 N–H and O–H groups in total. The molecule has 3 rings (SSSR count). The molecule has 0 radical (unpaired) electrons. The Bertz CT molecular complexity index is 676. The van der Waals surface area contributed by atoms with E-state index in [-0.39, 0.29) is 24.1 Å². The molecule has 0 bridgehead atoms. The summed E-state index contributed by atoms with van der Waals surface area (Å²) in [4.78, 5) is 39.1. The number of nitrogens with one attached hydrogen (secondary N) is 3. The Labute approximate surface area is 147 Å². The summed E-state index contributed by atoms with van der Waals surface area (Å²) in [6, 6.07) is 6.29. The smallest absolute Gasteiger partial charge is 0.254 e. The minimum Gasteiger partial charge on any atom is -0.354 e. The average Bonchev–Trinajstić information content (AvgIpc) is 3.02. The second kappa shape index (κ2) is 7.65. The number of hydrogen-bond acceptors (Lipinski definition) is 4. The van der Waals surface area contributed by atoms with E-state index in [1.807, 2.05) is 0 Å². The number of carbonyl (C=O) groups is 3. The molecule has 1 aromatic carbocycles. The van der Waals surface area contributed by atoms with Gasteiger partial charge < -0.3 is 16.0 Å². The van der Waals surface area contributed by atoms with E-state index in [0.717, 1.165) is 25.9 Å². The van der Waals surface area contributed by atoms with Crippen LogP contribution in [0.4, 0.5) is 5.69 Å². The summed E-state index contributed by atoms with van der Waals surface area (Å²) in [7, 11) is 0. The van der Waals surface area contributed by atoms with Gasteiger partial charge in [-0.2, -0.15) is 0 Å². The Hall–Kier alpha value is -2.41. The molecule has 0 aromatic heterocycles. The first kappa shape index (κ1) is 17.4. The summed E-state index contributed by atoms with van der Waals surface area (Å²) in [5.41, 5.74) is 0.876. The largest absolute Gasteiger partial charge is 0.354 e. The number of benzene rings is 1. The zero-order valence-corrected chi connectivity index (χ0v) is 14.4. The highest BCUT2D eigenvalue weighted by atomic mass is 16.2. The van der Waals surface area contributed by atoms with E-state index in [1.54, 1.807) is 24.3 Å². The van der Waals surface area contributed by atoms with Crippen LogP contribution in [0.1, 0.15) is 36.5 Å². The lowest BCUT2D eigenvalue weighted by Crippen LogP contribution is -2.46. The van der Waals surface area contributed by atoms with Crippen LogP contribution >= 0.6 is 0 Å². The fraction of sp³-hybridized carbons (Fsp3) is 0.500. The van der Waals surface area contributed by atoms with Crippen molar-refractivity contribution >= 4 is 23.4 Å². The van der Waals surface area contributed by atoms with Gasteiger partial charge >= 0.3 is 0 Å². The van der Waals surface area contributed by atoms with Gasteiger partial charge in [0.2, 0.25) is 11.8 Å². The fourth-order valence-electron chi connectivity index (χ4n) is 3.49. The minimum atomic E-state index is -0.870. The van der Waals surface area contributed by atoms with Crippen molar-refractivity contribution in [1.82, 2.24) is 15.5 Å². The van der Waals surface area contributed by atoms with Gasteiger partial charge in [-0.1, -0.05) is 19.1 Å². The third-order valence-corrected chi connectivity index (χ3v) is 4.88. The Balaban J connectivity index is 1.56. The van der Waals surface area contributed by atoms with E-state index in [2.05, 4.69) is 27.8 Å². The highest BCUT2D eigenvalue weighted by Gasteiger charge is 2.30. The quantitative estimate of drug-likeness (QED) is 0.734. The number of likely N-dealkylation sites (N-methyl/N-ethyl adjacent to an activating group) is 1. The van der Waals surface area contributed by atoms with E-state index in [4.69, 9.17) is 0 Å². The lowest BCUT2D eigenvalue weighted by Gasteiger charge is -2.23. The van der Waals surface area contributed by atoms with Crippen LogP contribution in [-0.2, 0) is 9.59 Å². The Morgan fingerprint density at radius 1 is 1.32 bits per heavy atom. The van der Waals surface area contributed by atoms with Crippen LogP contribution in [0.2, 0.25) is 0 Å². The third-order valence-electron chi connectivity index (χ3n) is 4.88. The number of nitrogens with zero attached hydrogens (tertiary/aromatic N) is 1. The van der Waals surface area contributed by atoms with Crippen LogP contribution in [-0.4, -0.2) is 54.3 Å². The van der Waals surface area contributed by atoms with Crippen LogP contribution in [0.5, 0.6) is 0 Å². The van der Waals surface area contributed by atoms with Gasteiger partial charge in [0.25, 0.3) is 5.91 Å². The summed E-state index contributed by atoms with van der Waals surface area (Å²) < 4.78 is 0. The molecule has 2 aliphatic heterocycles. The molecule has 2 aliphatic rings. The number of likely N-dealkylation sites (tertiary alicyclic amines) is 1. The first-order chi connectivity index (χ1) is 12.1. The second-order valence-electron chi connectivity index (χ2n) is 6.49. The molecule has 0 aliphatic carbocycles. The Kier molecular flexibility index (Phi) is 5.33. The molecule has 7 heteroatoms. The summed E-state index contributed by atoms with van der Waals surface area (Å²) >= 11 is 0. The molecule has 0 saturated carbocycles. The third kappa shape index (κ3) is 3.99. The van der Waals surface area contributed by atoms with Gasteiger partial charge in [-0.3, -0.25) is 19.3 Å². The van der Waals surface area contributed by atoms with E-state index in [0.29, 0.717) is 23.8 Å². The molecule has 1 aromatic rings. The maximum atomic E-state index is 12.3. The van der Waals surface area contributed by atoms with Crippen LogP contribution in [0.25, 0.3) is 0 Å². The topological polar surface area (TPSA) is 90.5 Å². The molecule has 1 saturated heterocycles. The van der Waals surface area contributed by atoms with Gasteiger partial charge in [0.15, 0.2) is 0 Å². The van der Waals surface area contributed by atoms with Crippen molar-refractivity contribution in [2.24, 2.45) is 0 Å². The number of rotatable bonds is 5. The molecular formula is C18H24N4O3. The number of fused-ring (bicyclic) bond motifs is 1. The predicted octanol–water partition coefficient (Wildman–Crippen LogP) is 0.728. The van der Waals surface area contributed by atoms with Gasteiger partial charge in [0, 0.05) is 12.6 Å². The van der Waals surface area contributed by atoms with Crippen molar-refractivity contribution in [1.29, 1.82) is 0 Å². The summed E-state index contributed by atoms with van der Waals surface area (Å²) in [6.07, 6.45) is 2.15. The van der Waals surface area contributed by atoms with Crippen LogP contribution in [0, 0.1) is 0 Å². The normalized spacial score (nSPS) is 23.4. The summed E-state index contributed by atoms with van der Waals surface area (Å²) in [5, 5.41) is 8.25. The van der Waals surface area contributed by atoms with E-state index in [9.17, 15) is 14.4 Å². The first-order valence-electron chi connectivity index (χ1n) is 8.80. The van der Waals surface area contributed by atoms with Gasteiger partial charge in [0.05, 0.1) is 17.7 Å². The Morgan fingerprint density at radius 3 is 2.92 bits per heavy atom. The maximum absolute atomic E-state index is 12.3. The molecule has 0 spiro atoms. The number of hydrogen-bond donors (Lipinski definition) is 3. The van der Waals surface area contributed by atoms with Crippen molar-refractivity contribution in [2.45, 2.75) is 38.3 Å². The lowest BCUT2D eigenvalue weighted by atomic mass is 10.1.